The van der Waals surface area contributed by atoms with E-state index in [0.717, 1.165) is 0 Å². The zero-order valence-electron chi connectivity index (χ0n) is 7.39. The normalized spacial score (nSPS) is 9.00. The van der Waals surface area contributed by atoms with Gasteiger partial charge in [-0.25, -0.2) is 9.59 Å². The first-order chi connectivity index (χ1) is 5.60. The largest absolute Gasteiger partial charge is 0.341 e. The number of carbonyl (C=O) groups is 2. The molecule has 0 spiro atoms. The Morgan fingerprint density at radius 1 is 1.00 bits per heavy atom. The predicted octanol–water partition coefficient (Wildman–Crippen LogP) is -0.810. The van der Waals surface area contributed by atoms with Gasteiger partial charge in [0.1, 0.15) is 6.17 Å². The monoisotopic (exact) mass is 174 g/mol. The molecular weight excluding hydrogens is 160 g/mol. The summed E-state index contributed by atoms with van der Waals surface area (Å²) >= 11 is 0. The Hall–Kier alpha value is -1.46. The molecule has 0 rings (SSSR count). The molecule has 0 saturated heterocycles. The fraction of sp³-hybridized carbons (Fsp3) is 0.667. The Morgan fingerprint density at radius 3 is 1.58 bits per heavy atom. The van der Waals surface area contributed by atoms with Crippen molar-refractivity contribution in [2.45, 2.75) is 13.1 Å². The number of urea groups is 2. The highest BCUT2D eigenvalue weighted by Gasteiger charge is 2.06. The molecule has 12 heavy (non-hydrogen) atoms. The van der Waals surface area contributed by atoms with Crippen molar-refractivity contribution in [1.29, 1.82) is 0 Å². The molecule has 6 nitrogen and oxygen atoms in total. The number of rotatable bonds is 2. The van der Waals surface area contributed by atoms with E-state index in [1.807, 2.05) is 0 Å². The van der Waals surface area contributed by atoms with Crippen LogP contribution in [0, 0.1) is 0 Å². The Balaban J connectivity index is 3.66. The summed E-state index contributed by atoms with van der Waals surface area (Å²) in [6.45, 7) is 1.66. The molecule has 0 radical (unpaired) electrons. The van der Waals surface area contributed by atoms with Crippen LogP contribution in [-0.4, -0.2) is 32.3 Å². The average molecular weight is 174 g/mol. The van der Waals surface area contributed by atoms with Gasteiger partial charge in [0.05, 0.1) is 0 Å². The predicted molar refractivity (Wildman–Crippen MR) is 44.6 cm³/mol. The third-order valence-electron chi connectivity index (χ3n) is 1.15. The first kappa shape index (κ1) is 10.5. The Morgan fingerprint density at radius 2 is 1.33 bits per heavy atom. The van der Waals surface area contributed by atoms with Crippen LogP contribution >= 0.6 is 0 Å². The standard InChI is InChI=1S/C6H14N4O2/c1-4(9-5(11)7-2)10-6(12)8-3/h4H,1-3H3,(H2,7,9,11)(H2,8,10,12). The minimum absolute atomic E-state index is 0.334. The molecule has 0 aliphatic carbocycles. The number of amides is 4. The van der Waals surface area contributed by atoms with Crippen LogP contribution in [0.25, 0.3) is 0 Å². The molecule has 4 N–H and O–H groups in total. The lowest BCUT2D eigenvalue weighted by molar-refractivity contribution is 0.230. The van der Waals surface area contributed by atoms with Gasteiger partial charge in [0.2, 0.25) is 0 Å². The molecule has 4 amide bonds. The van der Waals surface area contributed by atoms with Crippen LogP contribution in [0.3, 0.4) is 0 Å². The minimum Gasteiger partial charge on any atom is -0.341 e. The first-order valence-electron chi connectivity index (χ1n) is 3.56. The van der Waals surface area contributed by atoms with Crippen LogP contribution in [-0.2, 0) is 0 Å². The van der Waals surface area contributed by atoms with Gasteiger partial charge < -0.3 is 21.3 Å². The summed E-state index contributed by atoms with van der Waals surface area (Å²) in [5.41, 5.74) is 0. The Bertz CT molecular complexity index is 153. The van der Waals surface area contributed by atoms with Gasteiger partial charge in [-0.1, -0.05) is 0 Å². The molecule has 6 heteroatoms. The Kier molecular flexibility index (Phi) is 4.59. The molecule has 0 fully saturated rings. The highest BCUT2D eigenvalue weighted by atomic mass is 16.2. The third kappa shape index (κ3) is 4.37. The van der Waals surface area contributed by atoms with Crippen LogP contribution in [0.1, 0.15) is 6.92 Å². The second kappa shape index (κ2) is 5.22. The summed E-state index contributed by atoms with van der Waals surface area (Å²) in [6.07, 6.45) is -0.398. The average Bonchev–Trinajstić information content (AvgIpc) is 2.03. The lowest BCUT2D eigenvalue weighted by Crippen LogP contribution is -2.50. The summed E-state index contributed by atoms with van der Waals surface area (Å²) in [5, 5.41) is 9.68. The van der Waals surface area contributed by atoms with Crippen LogP contribution in [0.15, 0.2) is 0 Å². The Labute approximate surface area is 71.1 Å². The van der Waals surface area contributed by atoms with E-state index in [1.165, 1.54) is 14.1 Å². The van der Waals surface area contributed by atoms with E-state index in [1.54, 1.807) is 6.92 Å². The van der Waals surface area contributed by atoms with Crippen LogP contribution < -0.4 is 21.3 Å². The van der Waals surface area contributed by atoms with E-state index in [-0.39, 0.29) is 12.1 Å². The number of carbonyl (C=O) groups excluding carboxylic acids is 2. The third-order valence-corrected chi connectivity index (χ3v) is 1.15. The second-order valence-electron chi connectivity index (χ2n) is 2.17. The smallest absolute Gasteiger partial charge is 0.316 e. The van der Waals surface area contributed by atoms with Crippen LogP contribution in [0.4, 0.5) is 9.59 Å². The van der Waals surface area contributed by atoms with Crippen molar-refractivity contribution < 1.29 is 9.59 Å². The number of hydrogen-bond acceptors (Lipinski definition) is 2. The lowest BCUT2D eigenvalue weighted by atomic mass is 10.5. The molecule has 0 aliphatic heterocycles. The molecular formula is C6H14N4O2. The maximum Gasteiger partial charge on any atom is 0.316 e. The summed E-state index contributed by atoms with van der Waals surface area (Å²) in [7, 11) is 3.00. The highest BCUT2D eigenvalue weighted by Crippen LogP contribution is 1.74. The zero-order chi connectivity index (χ0) is 9.56. The fourth-order valence-electron chi connectivity index (χ4n) is 0.574. The molecule has 0 bridgehead atoms. The van der Waals surface area contributed by atoms with E-state index < -0.39 is 6.17 Å². The van der Waals surface area contributed by atoms with Gasteiger partial charge in [0.25, 0.3) is 0 Å². The highest BCUT2D eigenvalue weighted by molar-refractivity contribution is 5.76. The number of hydrogen-bond donors (Lipinski definition) is 4. The fourth-order valence-corrected chi connectivity index (χ4v) is 0.574. The zero-order valence-corrected chi connectivity index (χ0v) is 7.39. The molecule has 0 aromatic heterocycles. The van der Waals surface area contributed by atoms with Gasteiger partial charge in [-0.2, -0.15) is 0 Å². The number of nitrogens with one attached hydrogen (secondary N) is 4. The summed E-state index contributed by atoms with van der Waals surface area (Å²) in [5.74, 6) is 0. The van der Waals surface area contributed by atoms with Gasteiger partial charge in [-0.3, -0.25) is 0 Å². The first-order valence-corrected chi connectivity index (χ1v) is 3.56. The topological polar surface area (TPSA) is 82.3 Å². The van der Waals surface area contributed by atoms with Gasteiger partial charge in [0, 0.05) is 14.1 Å². The SMILES string of the molecule is CNC(=O)NC(C)NC(=O)NC. The van der Waals surface area contributed by atoms with E-state index in [4.69, 9.17) is 0 Å². The van der Waals surface area contributed by atoms with E-state index in [9.17, 15) is 9.59 Å². The molecule has 0 atom stereocenters. The molecule has 0 aromatic rings. The van der Waals surface area contributed by atoms with Crippen molar-refractivity contribution in [2.24, 2.45) is 0 Å². The van der Waals surface area contributed by atoms with Crippen molar-refractivity contribution in [3.63, 3.8) is 0 Å². The van der Waals surface area contributed by atoms with Crippen LogP contribution in [0.5, 0.6) is 0 Å². The molecule has 70 valence electrons. The molecule has 0 saturated carbocycles. The van der Waals surface area contributed by atoms with E-state index in [2.05, 4.69) is 21.3 Å². The quantitative estimate of drug-likeness (QED) is 0.413. The van der Waals surface area contributed by atoms with Gasteiger partial charge in [-0.15, -0.1) is 0 Å². The summed E-state index contributed by atoms with van der Waals surface area (Å²) in [6, 6.07) is -0.669. The van der Waals surface area contributed by atoms with Gasteiger partial charge in [-0.05, 0) is 6.92 Å². The molecule has 0 aromatic carbocycles. The van der Waals surface area contributed by atoms with Crippen molar-refractivity contribution in [3.8, 4) is 0 Å². The molecule has 0 aliphatic rings. The molecule has 0 heterocycles. The van der Waals surface area contributed by atoms with Crippen molar-refractivity contribution in [1.82, 2.24) is 21.3 Å². The van der Waals surface area contributed by atoms with Gasteiger partial charge >= 0.3 is 12.1 Å². The van der Waals surface area contributed by atoms with E-state index >= 15 is 0 Å². The van der Waals surface area contributed by atoms with Crippen LogP contribution in [0.2, 0.25) is 0 Å². The van der Waals surface area contributed by atoms with Crippen molar-refractivity contribution >= 4 is 12.1 Å². The summed E-state index contributed by atoms with van der Waals surface area (Å²) in [4.78, 5) is 21.4. The van der Waals surface area contributed by atoms with E-state index in [0.29, 0.717) is 0 Å². The summed E-state index contributed by atoms with van der Waals surface area (Å²) < 4.78 is 0. The van der Waals surface area contributed by atoms with Crippen molar-refractivity contribution in [2.75, 3.05) is 14.1 Å². The minimum atomic E-state index is -0.398. The second-order valence-corrected chi connectivity index (χ2v) is 2.17. The van der Waals surface area contributed by atoms with Crippen molar-refractivity contribution in [3.05, 3.63) is 0 Å². The molecule has 0 unspecified atom stereocenters. The maximum atomic E-state index is 10.7. The lowest BCUT2D eigenvalue weighted by Gasteiger charge is -2.14. The maximum absolute atomic E-state index is 10.7. The van der Waals surface area contributed by atoms with Gasteiger partial charge in [0.15, 0.2) is 0 Å².